The Morgan fingerprint density at radius 2 is 1.48 bits per heavy atom. The van der Waals surface area contributed by atoms with Crippen LogP contribution in [0.2, 0.25) is 0 Å². The molecule has 0 N–H and O–H groups in total. The molecule has 0 spiro atoms. The molecule has 0 radical (unpaired) electrons. The lowest BCUT2D eigenvalue weighted by atomic mass is 10.0. The fraction of sp³-hybridized carbons (Fsp3) is 0.300. The Morgan fingerprint density at radius 1 is 0.880 bits per heavy atom. The van der Waals surface area contributed by atoms with Gasteiger partial charge in [-0.2, -0.15) is 0 Å². The molecule has 0 bridgehead atoms. The van der Waals surface area contributed by atoms with E-state index in [4.69, 9.17) is 11.6 Å². The fourth-order valence-corrected chi connectivity index (χ4v) is 3.23. The minimum atomic E-state index is -0.467. The van der Waals surface area contributed by atoms with E-state index in [9.17, 15) is 9.59 Å². The summed E-state index contributed by atoms with van der Waals surface area (Å²) in [6.07, 6.45) is 1.13. The summed E-state index contributed by atoms with van der Waals surface area (Å²) in [7, 11) is 0. The molecule has 1 heterocycles. The number of benzene rings is 2. The van der Waals surface area contributed by atoms with Crippen LogP contribution in [0.25, 0.3) is 0 Å². The van der Waals surface area contributed by atoms with Crippen molar-refractivity contribution in [3.8, 4) is 0 Å². The SMILES string of the molecule is O=C1[C@@H](Cc2ccccc2)N(Cc2ccccc2)C(=O)N1CCCCl. The van der Waals surface area contributed by atoms with Crippen LogP contribution in [-0.2, 0) is 17.8 Å². The van der Waals surface area contributed by atoms with Gasteiger partial charge in [0.25, 0.3) is 5.91 Å². The van der Waals surface area contributed by atoms with E-state index in [1.165, 1.54) is 4.90 Å². The van der Waals surface area contributed by atoms with E-state index in [1.807, 2.05) is 60.7 Å². The van der Waals surface area contributed by atoms with Crippen molar-refractivity contribution in [2.24, 2.45) is 0 Å². The van der Waals surface area contributed by atoms with Crippen LogP contribution in [-0.4, -0.2) is 40.2 Å². The summed E-state index contributed by atoms with van der Waals surface area (Å²) in [5.41, 5.74) is 2.06. The lowest BCUT2D eigenvalue weighted by Crippen LogP contribution is -2.36. The van der Waals surface area contributed by atoms with E-state index in [0.717, 1.165) is 11.1 Å². The molecule has 130 valence electrons. The highest BCUT2D eigenvalue weighted by atomic mass is 35.5. The molecular formula is C20H21ClN2O2. The Morgan fingerprint density at radius 3 is 2.08 bits per heavy atom. The van der Waals surface area contributed by atoms with Crippen LogP contribution in [0.1, 0.15) is 17.5 Å². The molecule has 0 unspecified atom stereocenters. The van der Waals surface area contributed by atoms with Crippen LogP contribution in [0, 0.1) is 0 Å². The van der Waals surface area contributed by atoms with E-state index in [2.05, 4.69) is 0 Å². The molecule has 25 heavy (non-hydrogen) atoms. The predicted octanol–water partition coefficient (Wildman–Crippen LogP) is 3.69. The number of rotatable bonds is 7. The summed E-state index contributed by atoms with van der Waals surface area (Å²) < 4.78 is 0. The second-order valence-electron chi connectivity index (χ2n) is 6.13. The highest BCUT2D eigenvalue weighted by Gasteiger charge is 2.44. The minimum Gasteiger partial charge on any atom is -0.308 e. The number of hydrogen-bond acceptors (Lipinski definition) is 2. The van der Waals surface area contributed by atoms with Gasteiger partial charge in [0.05, 0.1) is 0 Å². The molecule has 3 rings (SSSR count). The maximum Gasteiger partial charge on any atom is 0.327 e. The largest absolute Gasteiger partial charge is 0.327 e. The number of hydrogen-bond donors (Lipinski definition) is 0. The number of carbonyl (C=O) groups is 2. The van der Waals surface area contributed by atoms with E-state index in [1.54, 1.807) is 4.90 Å². The number of imide groups is 1. The first kappa shape index (κ1) is 17.5. The Bertz CT molecular complexity index is 661. The van der Waals surface area contributed by atoms with Crippen LogP contribution in [0.5, 0.6) is 0 Å². The van der Waals surface area contributed by atoms with Crippen molar-refractivity contribution in [1.29, 1.82) is 0 Å². The van der Waals surface area contributed by atoms with Gasteiger partial charge in [0, 0.05) is 25.4 Å². The third kappa shape index (κ3) is 4.02. The molecular weight excluding hydrogens is 336 g/mol. The zero-order valence-electron chi connectivity index (χ0n) is 14.0. The van der Waals surface area contributed by atoms with E-state index in [0.29, 0.717) is 31.8 Å². The maximum atomic E-state index is 12.8. The van der Waals surface area contributed by atoms with Crippen LogP contribution < -0.4 is 0 Å². The first-order chi connectivity index (χ1) is 12.2. The highest BCUT2D eigenvalue weighted by molar-refractivity contribution is 6.17. The Balaban J connectivity index is 1.84. The van der Waals surface area contributed by atoms with Gasteiger partial charge in [-0.3, -0.25) is 9.69 Å². The first-order valence-corrected chi connectivity index (χ1v) is 9.00. The molecule has 2 aromatic rings. The number of carbonyl (C=O) groups excluding carboxylic acids is 2. The van der Waals surface area contributed by atoms with Crippen molar-refractivity contribution < 1.29 is 9.59 Å². The van der Waals surface area contributed by atoms with E-state index in [-0.39, 0.29) is 11.9 Å². The topological polar surface area (TPSA) is 40.6 Å². The van der Waals surface area contributed by atoms with Crippen LogP contribution in [0.15, 0.2) is 60.7 Å². The monoisotopic (exact) mass is 356 g/mol. The van der Waals surface area contributed by atoms with Gasteiger partial charge < -0.3 is 4.90 Å². The summed E-state index contributed by atoms with van der Waals surface area (Å²) >= 11 is 5.74. The average molecular weight is 357 g/mol. The molecule has 1 fully saturated rings. The van der Waals surface area contributed by atoms with Gasteiger partial charge in [-0.1, -0.05) is 60.7 Å². The first-order valence-electron chi connectivity index (χ1n) is 8.46. The van der Waals surface area contributed by atoms with Gasteiger partial charge in [0.1, 0.15) is 6.04 Å². The van der Waals surface area contributed by atoms with Gasteiger partial charge in [0.2, 0.25) is 0 Å². The van der Waals surface area contributed by atoms with Gasteiger partial charge in [-0.25, -0.2) is 4.79 Å². The zero-order chi connectivity index (χ0) is 17.6. The molecule has 1 aliphatic rings. The van der Waals surface area contributed by atoms with Gasteiger partial charge in [0.15, 0.2) is 0 Å². The smallest absolute Gasteiger partial charge is 0.308 e. The Kier molecular flexibility index (Phi) is 5.71. The number of amides is 3. The molecule has 5 heteroatoms. The van der Waals surface area contributed by atoms with Crippen molar-refractivity contribution in [3.05, 3.63) is 71.8 Å². The number of halogens is 1. The van der Waals surface area contributed by atoms with Crippen molar-refractivity contribution in [1.82, 2.24) is 9.80 Å². The van der Waals surface area contributed by atoms with Gasteiger partial charge >= 0.3 is 6.03 Å². The third-order valence-corrected chi connectivity index (χ3v) is 4.65. The van der Waals surface area contributed by atoms with Crippen molar-refractivity contribution in [2.45, 2.75) is 25.4 Å². The standard InChI is InChI=1S/C20H21ClN2O2/c21-12-7-13-22-19(24)18(14-16-8-3-1-4-9-16)23(20(22)25)15-17-10-5-2-6-11-17/h1-6,8-11,18H,7,12-15H2/t18-/m1/s1. The second kappa shape index (κ2) is 8.17. The quantitative estimate of drug-likeness (QED) is 0.560. The maximum absolute atomic E-state index is 12.8. The molecule has 1 saturated heterocycles. The predicted molar refractivity (Wildman–Crippen MR) is 98.4 cm³/mol. The number of alkyl halides is 1. The van der Waals surface area contributed by atoms with Crippen LogP contribution in [0.4, 0.5) is 4.79 Å². The fourth-order valence-electron chi connectivity index (χ4n) is 3.11. The van der Waals surface area contributed by atoms with Crippen LogP contribution in [0.3, 0.4) is 0 Å². The van der Waals surface area contributed by atoms with Crippen LogP contribution >= 0.6 is 11.6 Å². The normalized spacial score (nSPS) is 17.4. The zero-order valence-corrected chi connectivity index (χ0v) is 14.7. The average Bonchev–Trinajstić information content (AvgIpc) is 2.86. The Hall–Kier alpha value is -2.33. The molecule has 0 aliphatic carbocycles. The molecule has 3 amide bonds. The third-order valence-electron chi connectivity index (χ3n) is 4.39. The Labute approximate surface area is 153 Å². The van der Waals surface area contributed by atoms with E-state index >= 15 is 0 Å². The number of nitrogens with zero attached hydrogens (tertiary/aromatic N) is 2. The van der Waals surface area contributed by atoms with Crippen molar-refractivity contribution >= 4 is 23.5 Å². The number of urea groups is 1. The lowest BCUT2D eigenvalue weighted by molar-refractivity contribution is -0.128. The second-order valence-corrected chi connectivity index (χ2v) is 6.51. The molecule has 0 saturated carbocycles. The molecule has 0 aromatic heterocycles. The van der Waals surface area contributed by atoms with Gasteiger partial charge in [-0.15, -0.1) is 11.6 Å². The molecule has 1 atom stereocenters. The van der Waals surface area contributed by atoms with Crippen molar-refractivity contribution in [3.63, 3.8) is 0 Å². The highest BCUT2D eigenvalue weighted by Crippen LogP contribution is 2.24. The lowest BCUT2D eigenvalue weighted by Gasteiger charge is -2.22. The molecule has 2 aromatic carbocycles. The van der Waals surface area contributed by atoms with Gasteiger partial charge in [-0.05, 0) is 17.5 Å². The van der Waals surface area contributed by atoms with E-state index < -0.39 is 6.04 Å². The minimum absolute atomic E-state index is 0.130. The summed E-state index contributed by atoms with van der Waals surface area (Å²) in [5, 5.41) is 0. The molecule has 4 nitrogen and oxygen atoms in total. The molecule has 1 aliphatic heterocycles. The summed E-state index contributed by atoms with van der Waals surface area (Å²) in [6.45, 7) is 0.804. The van der Waals surface area contributed by atoms with Crippen molar-refractivity contribution in [2.75, 3.05) is 12.4 Å². The summed E-state index contributed by atoms with van der Waals surface area (Å²) in [4.78, 5) is 28.7. The summed E-state index contributed by atoms with van der Waals surface area (Å²) in [6, 6.07) is 18.9. The summed E-state index contributed by atoms with van der Waals surface area (Å²) in [5.74, 6) is 0.300.